The number of primary sulfonamides is 1. The van der Waals surface area contributed by atoms with Gasteiger partial charge in [0.15, 0.2) is 0 Å². The number of nitrogens with one attached hydrogen (secondary N) is 1. The molecule has 0 unspecified atom stereocenters. The number of nitrogens with zero attached hydrogens (tertiary/aromatic N) is 2. The Balaban J connectivity index is 1.87. The van der Waals surface area contributed by atoms with Gasteiger partial charge in [0.1, 0.15) is 17.3 Å². The van der Waals surface area contributed by atoms with Crippen LogP contribution in [0.1, 0.15) is 0 Å². The van der Waals surface area contributed by atoms with E-state index in [-0.39, 0.29) is 16.3 Å². The SMILES string of the molecule is NS(=O)(=O)c1ccc(Nc2cc(-c3ccc(O)c(N=O)c3)ccn2)cc1. The second kappa shape index (κ2) is 6.90. The van der Waals surface area contributed by atoms with Crippen molar-refractivity contribution in [3.8, 4) is 16.9 Å². The standard InChI is InChI=1S/C17H14N4O4S/c18-26(24,25)14-4-2-13(3-5-14)20-17-10-12(7-8-19-17)11-1-6-16(22)15(9-11)21-23/h1-10,22H,(H,19,20)(H2,18,24,25). The smallest absolute Gasteiger partial charge is 0.238 e. The molecule has 3 aromatic rings. The number of sulfonamides is 1. The van der Waals surface area contributed by atoms with Crippen LogP contribution in [-0.4, -0.2) is 18.5 Å². The van der Waals surface area contributed by atoms with Crippen LogP contribution < -0.4 is 10.5 Å². The number of rotatable bonds is 5. The molecule has 0 aliphatic rings. The molecule has 0 fully saturated rings. The zero-order chi connectivity index (χ0) is 18.7. The van der Waals surface area contributed by atoms with Crippen molar-refractivity contribution < 1.29 is 13.5 Å². The van der Waals surface area contributed by atoms with Crippen LogP contribution >= 0.6 is 0 Å². The van der Waals surface area contributed by atoms with Gasteiger partial charge in [0, 0.05) is 11.9 Å². The van der Waals surface area contributed by atoms with Crippen molar-refractivity contribution in [2.75, 3.05) is 5.32 Å². The fourth-order valence-electron chi connectivity index (χ4n) is 2.33. The van der Waals surface area contributed by atoms with Crippen molar-refractivity contribution in [2.24, 2.45) is 10.3 Å². The molecule has 0 aliphatic carbocycles. The predicted molar refractivity (Wildman–Crippen MR) is 97.9 cm³/mol. The third-order valence-electron chi connectivity index (χ3n) is 3.62. The van der Waals surface area contributed by atoms with E-state index in [0.717, 1.165) is 5.56 Å². The number of hydrogen-bond acceptors (Lipinski definition) is 7. The molecule has 8 nitrogen and oxygen atoms in total. The Labute approximate surface area is 149 Å². The molecule has 0 spiro atoms. The first-order valence-electron chi connectivity index (χ1n) is 7.39. The maximum absolute atomic E-state index is 11.3. The summed E-state index contributed by atoms with van der Waals surface area (Å²) in [4.78, 5) is 14.9. The third-order valence-corrected chi connectivity index (χ3v) is 4.55. The maximum Gasteiger partial charge on any atom is 0.238 e. The molecule has 0 saturated carbocycles. The topological polar surface area (TPSA) is 135 Å². The molecule has 26 heavy (non-hydrogen) atoms. The van der Waals surface area contributed by atoms with E-state index >= 15 is 0 Å². The molecule has 0 bridgehead atoms. The largest absolute Gasteiger partial charge is 0.506 e. The molecule has 132 valence electrons. The number of aromatic nitrogens is 1. The number of phenolic OH excluding ortho intramolecular Hbond substituents is 1. The fraction of sp³-hybridized carbons (Fsp3) is 0. The van der Waals surface area contributed by atoms with Crippen molar-refractivity contribution >= 4 is 27.2 Å². The quantitative estimate of drug-likeness (QED) is 0.590. The molecule has 1 heterocycles. The summed E-state index contributed by atoms with van der Waals surface area (Å²) in [7, 11) is -3.74. The zero-order valence-corrected chi connectivity index (χ0v) is 14.1. The minimum atomic E-state index is -3.74. The van der Waals surface area contributed by atoms with E-state index in [2.05, 4.69) is 15.5 Å². The number of hydrogen-bond donors (Lipinski definition) is 3. The first-order chi connectivity index (χ1) is 12.4. The van der Waals surface area contributed by atoms with Crippen molar-refractivity contribution in [3.63, 3.8) is 0 Å². The lowest BCUT2D eigenvalue weighted by Crippen LogP contribution is -2.11. The highest BCUT2D eigenvalue weighted by molar-refractivity contribution is 7.89. The lowest BCUT2D eigenvalue weighted by molar-refractivity contribution is 0.477. The summed E-state index contributed by atoms with van der Waals surface area (Å²) in [5, 5.41) is 20.4. The van der Waals surface area contributed by atoms with Crippen LogP contribution in [0.25, 0.3) is 11.1 Å². The van der Waals surface area contributed by atoms with E-state index in [4.69, 9.17) is 5.14 Å². The van der Waals surface area contributed by atoms with Crippen LogP contribution in [0.5, 0.6) is 5.75 Å². The summed E-state index contributed by atoms with van der Waals surface area (Å²) in [6, 6.07) is 13.9. The van der Waals surface area contributed by atoms with Crippen molar-refractivity contribution in [2.45, 2.75) is 4.90 Å². The lowest BCUT2D eigenvalue weighted by Gasteiger charge is -2.09. The Bertz CT molecular complexity index is 1070. The Hall–Kier alpha value is -3.30. The number of benzene rings is 2. The molecule has 1 aromatic heterocycles. The molecule has 0 saturated heterocycles. The van der Waals surface area contributed by atoms with E-state index in [0.29, 0.717) is 17.1 Å². The van der Waals surface area contributed by atoms with Gasteiger partial charge >= 0.3 is 0 Å². The van der Waals surface area contributed by atoms with Crippen LogP contribution in [0.15, 0.2) is 70.9 Å². The second-order valence-electron chi connectivity index (χ2n) is 5.42. The fourth-order valence-corrected chi connectivity index (χ4v) is 2.85. The van der Waals surface area contributed by atoms with Crippen LogP contribution in [-0.2, 0) is 10.0 Å². The predicted octanol–water partition coefficient (Wildman–Crippen LogP) is 3.24. The third kappa shape index (κ3) is 3.85. The van der Waals surface area contributed by atoms with Crippen LogP contribution in [0.2, 0.25) is 0 Å². The first kappa shape index (κ1) is 17.5. The van der Waals surface area contributed by atoms with E-state index in [1.54, 1.807) is 36.5 Å². The number of anilines is 2. The number of nitrogens with two attached hydrogens (primary N) is 1. The Kier molecular flexibility index (Phi) is 4.65. The van der Waals surface area contributed by atoms with Gasteiger partial charge in [-0.15, -0.1) is 4.91 Å². The molecule has 4 N–H and O–H groups in total. The molecule has 9 heteroatoms. The van der Waals surface area contributed by atoms with Crippen LogP contribution in [0.4, 0.5) is 17.2 Å². The van der Waals surface area contributed by atoms with Gasteiger partial charge in [-0.25, -0.2) is 18.5 Å². The molecule has 0 radical (unpaired) electrons. The van der Waals surface area contributed by atoms with Gasteiger partial charge in [0.2, 0.25) is 10.0 Å². The summed E-state index contributed by atoms with van der Waals surface area (Å²) in [5.41, 5.74) is 2.02. The molecule has 0 amide bonds. The summed E-state index contributed by atoms with van der Waals surface area (Å²) >= 11 is 0. The molecule has 0 atom stereocenters. The highest BCUT2D eigenvalue weighted by atomic mass is 32.2. The van der Waals surface area contributed by atoms with Gasteiger partial charge in [-0.1, -0.05) is 6.07 Å². The highest BCUT2D eigenvalue weighted by Gasteiger charge is 2.08. The number of aromatic hydroxyl groups is 1. The van der Waals surface area contributed by atoms with Gasteiger partial charge in [0.05, 0.1) is 4.90 Å². The van der Waals surface area contributed by atoms with Crippen molar-refractivity contribution in [1.29, 1.82) is 0 Å². The normalized spacial score (nSPS) is 11.1. The van der Waals surface area contributed by atoms with E-state index < -0.39 is 10.0 Å². The van der Waals surface area contributed by atoms with E-state index in [1.807, 2.05) is 0 Å². The molecular formula is C17H14N4O4S. The van der Waals surface area contributed by atoms with Crippen molar-refractivity contribution in [3.05, 3.63) is 65.7 Å². The Morgan fingerprint density at radius 2 is 1.69 bits per heavy atom. The lowest BCUT2D eigenvalue weighted by atomic mass is 10.1. The summed E-state index contributed by atoms with van der Waals surface area (Å²) in [6.45, 7) is 0. The van der Waals surface area contributed by atoms with E-state index in [9.17, 15) is 18.4 Å². The van der Waals surface area contributed by atoms with Gasteiger partial charge in [0.25, 0.3) is 0 Å². The number of phenols is 1. The first-order valence-corrected chi connectivity index (χ1v) is 8.94. The maximum atomic E-state index is 11.3. The average molecular weight is 370 g/mol. The van der Waals surface area contributed by atoms with Gasteiger partial charge in [-0.2, -0.15) is 0 Å². The summed E-state index contributed by atoms with van der Waals surface area (Å²) in [6.07, 6.45) is 1.58. The minimum Gasteiger partial charge on any atom is -0.506 e. The van der Waals surface area contributed by atoms with Crippen LogP contribution in [0.3, 0.4) is 0 Å². The minimum absolute atomic E-state index is 0.0164. The Morgan fingerprint density at radius 1 is 1.00 bits per heavy atom. The molecular weight excluding hydrogens is 356 g/mol. The molecule has 2 aromatic carbocycles. The summed E-state index contributed by atoms with van der Waals surface area (Å²) < 4.78 is 22.6. The molecule has 3 rings (SSSR count). The molecule has 0 aliphatic heterocycles. The van der Waals surface area contributed by atoms with Crippen molar-refractivity contribution in [1.82, 2.24) is 4.98 Å². The van der Waals surface area contributed by atoms with Gasteiger partial charge in [-0.05, 0) is 64.8 Å². The second-order valence-corrected chi connectivity index (χ2v) is 6.98. The highest BCUT2D eigenvalue weighted by Crippen LogP contribution is 2.32. The number of nitroso groups, excluding NO2 is 1. The monoisotopic (exact) mass is 370 g/mol. The number of pyridine rings is 1. The van der Waals surface area contributed by atoms with Gasteiger partial charge in [-0.3, -0.25) is 0 Å². The average Bonchev–Trinajstić information content (AvgIpc) is 2.62. The van der Waals surface area contributed by atoms with Crippen LogP contribution in [0, 0.1) is 4.91 Å². The summed E-state index contributed by atoms with van der Waals surface area (Å²) in [5.74, 6) is 0.325. The zero-order valence-electron chi connectivity index (χ0n) is 13.3. The van der Waals surface area contributed by atoms with E-state index in [1.165, 1.54) is 24.3 Å². The van der Waals surface area contributed by atoms with Gasteiger partial charge < -0.3 is 10.4 Å². The Morgan fingerprint density at radius 3 is 2.35 bits per heavy atom.